The summed E-state index contributed by atoms with van der Waals surface area (Å²) in [6, 6.07) is 0.552. The van der Waals surface area contributed by atoms with Gasteiger partial charge in [0.25, 0.3) is 0 Å². The van der Waals surface area contributed by atoms with Crippen LogP contribution >= 0.6 is 0 Å². The third-order valence-electron chi connectivity index (χ3n) is 9.11. The smallest absolute Gasteiger partial charge is 0.147 e. The lowest BCUT2D eigenvalue weighted by molar-refractivity contribution is -0.929. The van der Waals surface area contributed by atoms with Gasteiger partial charge in [-0.05, 0) is 25.2 Å². The van der Waals surface area contributed by atoms with Crippen molar-refractivity contribution in [3.63, 3.8) is 0 Å². The molecule has 6 aliphatic rings. The van der Waals surface area contributed by atoms with Crippen LogP contribution in [0, 0.1) is 29.6 Å². The first-order chi connectivity index (χ1) is 13.7. The highest BCUT2D eigenvalue weighted by atomic mass is 16.7. The van der Waals surface area contributed by atoms with E-state index in [0.29, 0.717) is 49.2 Å². The van der Waals surface area contributed by atoms with Crippen LogP contribution in [0.3, 0.4) is 0 Å². The normalized spacial score (nSPS) is 60.3. The fraction of sp³-hybridized carbons (Fsp3) is 1.00. The van der Waals surface area contributed by atoms with Crippen molar-refractivity contribution >= 4 is 0 Å². The third kappa shape index (κ3) is 2.60. The Hall–Kier alpha value is -0.280. The first kappa shape index (κ1) is 18.5. The molecule has 0 aromatic rings. The van der Waals surface area contributed by atoms with Gasteiger partial charge >= 0.3 is 0 Å². The first-order valence-corrected chi connectivity index (χ1v) is 11.1. The van der Waals surface area contributed by atoms with E-state index in [0.717, 1.165) is 32.2 Å². The van der Waals surface area contributed by atoms with Gasteiger partial charge in [0.1, 0.15) is 13.6 Å². The largest absolute Gasteiger partial charge is 0.393 e. The summed E-state index contributed by atoms with van der Waals surface area (Å²) in [5, 5.41) is 11.2. The van der Waals surface area contributed by atoms with Crippen molar-refractivity contribution in [2.24, 2.45) is 29.6 Å². The Balaban J connectivity index is 1.33. The molecule has 0 amide bonds. The van der Waals surface area contributed by atoms with Gasteiger partial charge < -0.3 is 33.7 Å². The van der Waals surface area contributed by atoms with E-state index >= 15 is 0 Å². The van der Waals surface area contributed by atoms with Crippen LogP contribution in [-0.2, 0) is 23.7 Å². The number of quaternary nitrogens is 1. The highest BCUT2D eigenvalue weighted by Crippen LogP contribution is 2.52. The van der Waals surface area contributed by atoms with Crippen molar-refractivity contribution in [3.8, 4) is 0 Å². The predicted octanol–water partition coefficient (Wildman–Crippen LogP) is -0.576. The summed E-state index contributed by atoms with van der Waals surface area (Å²) >= 11 is 0. The molecule has 0 radical (unpaired) electrons. The fourth-order valence-electron chi connectivity index (χ4n) is 8.15. The van der Waals surface area contributed by atoms with Crippen LogP contribution in [0.2, 0.25) is 0 Å². The molecule has 7 heteroatoms. The van der Waals surface area contributed by atoms with Gasteiger partial charge in [-0.15, -0.1) is 0 Å². The van der Waals surface area contributed by atoms with E-state index in [9.17, 15) is 5.11 Å². The average molecular weight is 397 g/mol. The number of methoxy groups -OCH3 is 1. The summed E-state index contributed by atoms with van der Waals surface area (Å²) in [4.78, 5) is 1.59. The molecule has 3 aliphatic heterocycles. The van der Waals surface area contributed by atoms with Crippen LogP contribution in [0.4, 0.5) is 0 Å². The van der Waals surface area contributed by atoms with E-state index in [1.165, 1.54) is 0 Å². The van der Waals surface area contributed by atoms with Gasteiger partial charge in [0.15, 0.2) is 0 Å². The summed E-state index contributed by atoms with van der Waals surface area (Å²) in [6.07, 6.45) is 4.42. The van der Waals surface area contributed by atoms with Crippen molar-refractivity contribution < 1.29 is 33.7 Å². The van der Waals surface area contributed by atoms with Crippen molar-refractivity contribution in [2.45, 2.75) is 68.3 Å². The number of hydrogen-bond donors (Lipinski definition) is 2. The van der Waals surface area contributed by atoms with Crippen LogP contribution in [-0.4, -0.2) is 82.1 Å². The second-order valence-corrected chi connectivity index (χ2v) is 10.1. The highest BCUT2D eigenvalue weighted by Gasteiger charge is 2.63. The van der Waals surface area contributed by atoms with Crippen LogP contribution in [0.25, 0.3) is 0 Å². The minimum absolute atomic E-state index is 0.163. The molecule has 3 saturated carbocycles. The van der Waals surface area contributed by atoms with Crippen molar-refractivity contribution in [1.82, 2.24) is 0 Å². The number of piperidine rings is 1. The standard InChI is InChI=1S/C21H33NO6/c1-22-7-13-19(17(24-2)6-18-21(13)28-9-27-18)12-3-14(23)10-4-15-16(26-8-25-15)5-11(10)20(12)22/h10-21,23H,3-9H2,1-2H3/p+1. The zero-order chi connectivity index (χ0) is 19.0. The lowest BCUT2D eigenvalue weighted by Gasteiger charge is -2.59. The molecule has 28 heavy (non-hydrogen) atoms. The number of fused-ring (bicyclic) bond motifs is 8. The van der Waals surface area contributed by atoms with Gasteiger partial charge in [-0.3, -0.25) is 0 Å². The Morgan fingerprint density at radius 2 is 1.54 bits per heavy atom. The quantitative estimate of drug-likeness (QED) is 0.618. The fourth-order valence-corrected chi connectivity index (χ4v) is 8.15. The Kier molecular flexibility index (Phi) is 4.54. The van der Waals surface area contributed by atoms with Crippen LogP contribution < -0.4 is 4.90 Å². The molecule has 6 fully saturated rings. The maximum atomic E-state index is 11.2. The van der Waals surface area contributed by atoms with E-state index in [1.807, 2.05) is 7.11 Å². The topological polar surface area (TPSA) is 70.8 Å². The number of nitrogens with one attached hydrogen (secondary N) is 1. The Morgan fingerprint density at radius 1 is 0.821 bits per heavy atom. The second-order valence-electron chi connectivity index (χ2n) is 10.1. The third-order valence-corrected chi connectivity index (χ3v) is 9.11. The predicted molar refractivity (Wildman–Crippen MR) is 97.5 cm³/mol. The van der Waals surface area contributed by atoms with Crippen molar-refractivity contribution in [2.75, 3.05) is 34.3 Å². The van der Waals surface area contributed by atoms with Crippen molar-refractivity contribution in [3.05, 3.63) is 0 Å². The number of hydrogen-bond acceptors (Lipinski definition) is 6. The lowest BCUT2D eigenvalue weighted by Crippen LogP contribution is -3.18. The Morgan fingerprint density at radius 3 is 2.32 bits per heavy atom. The van der Waals surface area contributed by atoms with E-state index in [2.05, 4.69) is 7.05 Å². The Bertz CT molecular complexity index is 605. The number of rotatable bonds is 1. The van der Waals surface area contributed by atoms with Gasteiger partial charge in [0.2, 0.25) is 0 Å². The van der Waals surface area contributed by atoms with Gasteiger partial charge in [0, 0.05) is 37.2 Å². The van der Waals surface area contributed by atoms with E-state index in [-0.39, 0.29) is 36.6 Å². The Labute approximate surface area is 166 Å². The average Bonchev–Trinajstić information content (AvgIpc) is 3.34. The molecule has 0 bridgehead atoms. The van der Waals surface area contributed by atoms with Crippen LogP contribution in [0.1, 0.15) is 25.7 Å². The van der Waals surface area contributed by atoms with Crippen LogP contribution in [0.5, 0.6) is 0 Å². The molecule has 158 valence electrons. The number of ether oxygens (including phenoxy) is 5. The monoisotopic (exact) mass is 396 g/mol. The molecule has 3 heterocycles. The molecule has 13 atom stereocenters. The molecule has 0 spiro atoms. The molecule has 2 N–H and O–H groups in total. The van der Waals surface area contributed by atoms with E-state index in [1.54, 1.807) is 4.90 Å². The maximum Gasteiger partial charge on any atom is 0.147 e. The molecule has 7 nitrogen and oxygen atoms in total. The molecule has 3 saturated heterocycles. The number of aliphatic hydroxyl groups excluding tert-OH is 1. The van der Waals surface area contributed by atoms with Gasteiger partial charge in [-0.1, -0.05) is 0 Å². The summed E-state index contributed by atoms with van der Waals surface area (Å²) in [7, 11) is 4.19. The molecule has 6 rings (SSSR count). The van der Waals surface area contributed by atoms with E-state index < -0.39 is 0 Å². The molecule has 3 aliphatic carbocycles. The SMILES string of the molecule is COC1CC2OCOC2C2C[NH+](C)C3C4CC5OCOC5CC4C(O)CC3C12. The number of likely N-dealkylation sites (tertiary alicyclic amines) is 1. The molecular weight excluding hydrogens is 362 g/mol. The minimum Gasteiger partial charge on any atom is -0.393 e. The van der Waals surface area contributed by atoms with Crippen molar-refractivity contribution in [1.29, 1.82) is 0 Å². The van der Waals surface area contributed by atoms with E-state index in [4.69, 9.17) is 23.7 Å². The van der Waals surface area contributed by atoms with Gasteiger partial charge in [-0.25, -0.2) is 0 Å². The second kappa shape index (κ2) is 6.87. The summed E-state index contributed by atoms with van der Waals surface area (Å²) in [6.45, 7) is 1.93. The molecular formula is C21H34NO6+. The van der Waals surface area contributed by atoms with Crippen LogP contribution in [0.15, 0.2) is 0 Å². The molecule has 0 aromatic carbocycles. The lowest BCUT2D eigenvalue weighted by atomic mass is 9.53. The minimum atomic E-state index is -0.251. The maximum absolute atomic E-state index is 11.2. The zero-order valence-electron chi connectivity index (χ0n) is 16.9. The summed E-state index contributed by atoms with van der Waals surface area (Å²) in [5.41, 5.74) is 0. The first-order valence-electron chi connectivity index (χ1n) is 11.1. The van der Waals surface area contributed by atoms with Gasteiger partial charge in [0.05, 0.1) is 56.3 Å². The zero-order valence-corrected chi connectivity index (χ0v) is 16.9. The molecule has 0 aromatic heterocycles. The molecule has 13 unspecified atom stereocenters. The van der Waals surface area contributed by atoms with Gasteiger partial charge in [-0.2, -0.15) is 0 Å². The summed E-state index contributed by atoms with van der Waals surface area (Å²) in [5.74, 6) is 2.17. The highest BCUT2D eigenvalue weighted by molar-refractivity contribution is 5.07. The number of aliphatic hydroxyl groups is 1. The summed E-state index contributed by atoms with van der Waals surface area (Å²) < 4.78 is 29.6.